The average Bonchev–Trinajstić information content (AvgIpc) is 2.84. The molecule has 1 saturated heterocycles. The molecule has 1 amide bonds. The largest absolute Gasteiger partial charge is 0.293 e. The quantitative estimate of drug-likeness (QED) is 0.620. The molecule has 0 N–H and O–H groups in total. The third kappa shape index (κ3) is 2.36. The minimum Gasteiger partial charge on any atom is -0.293 e. The van der Waals surface area contributed by atoms with Crippen LogP contribution in [0.5, 0.6) is 0 Å². The van der Waals surface area contributed by atoms with Crippen LogP contribution in [0.2, 0.25) is 0 Å². The molecule has 2 nitrogen and oxygen atoms in total. The molecule has 16 heavy (non-hydrogen) atoms. The lowest BCUT2D eigenvalue weighted by Crippen LogP contribution is -2.28. The molecule has 1 aliphatic heterocycles. The highest BCUT2D eigenvalue weighted by molar-refractivity contribution is 8.26. The van der Waals surface area contributed by atoms with Crippen molar-refractivity contribution >= 4 is 51.6 Å². The van der Waals surface area contributed by atoms with Crippen LogP contribution in [0.1, 0.15) is 18.2 Å². The number of amides is 1. The molecule has 0 aromatic carbocycles. The number of hydrogen-bond donors (Lipinski definition) is 0. The van der Waals surface area contributed by atoms with Gasteiger partial charge in [-0.3, -0.25) is 9.69 Å². The third-order valence-electron chi connectivity index (χ3n) is 2.14. The molecular formula is C11H11NOS3. The molecule has 1 fully saturated rings. The Morgan fingerprint density at radius 1 is 1.56 bits per heavy atom. The predicted molar refractivity (Wildman–Crippen MR) is 74.5 cm³/mol. The molecule has 0 aliphatic carbocycles. The SMILES string of the molecule is CCCN1C(=O)/C(=C\c2cccs2)SC1=S. The van der Waals surface area contributed by atoms with E-state index in [0.29, 0.717) is 10.9 Å². The van der Waals surface area contributed by atoms with Crippen LogP contribution in [-0.4, -0.2) is 21.7 Å². The Morgan fingerprint density at radius 3 is 3.00 bits per heavy atom. The highest BCUT2D eigenvalue weighted by atomic mass is 32.2. The van der Waals surface area contributed by atoms with Gasteiger partial charge in [-0.1, -0.05) is 37.0 Å². The molecule has 0 saturated carbocycles. The molecule has 0 atom stereocenters. The number of carbonyl (C=O) groups excluding carboxylic acids is 1. The van der Waals surface area contributed by atoms with Crippen molar-refractivity contribution in [2.75, 3.05) is 6.54 Å². The average molecular weight is 269 g/mol. The van der Waals surface area contributed by atoms with E-state index in [2.05, 4.69) is 0 Å². The maximum Gasteiger partial charge on any atom is 0.266 e. The Morgan fingerprint density at radius 2 is 2.38 bits per heavy atom. The molecule has 1 aromatic rings. The lowest BCUT2D eigenvalue weighted by atomic mass is 10.3. The van der Waals surface area contributed by atoms with Crippen LogP contribution in [-0.2, 0) is 4.79 Å². The summed E-state index contributed by atoms with van der Waals surface area (Å²) in [5.74, 6) is 0.0465. The van der Waals surface area contributed by atoms with Crippen LogP contribution in [0.25, 0.3) is 6.08 Å². The number of thiophene rings is 1. The summed E-state index contributed by atoms with van der Waals surface area (Å²) < 4.78 is 0.676. The zero-order valence-electron chi connectivity index (χ0n) is 8.80. The fourth-order valence-corrected chi connectivity index (χ4v) is 3.45. The van der Waals surface area contributed by atoms with E-state index in [-0.39, 0.29) is 5.91 Å². The van der Waals surface area contributed by atoms with Crippen molar-refractivity contribution < 1.29 is 4.79 Å². The molecule has 84 valence electrons. The Balaban J connectivity index is 2.20. The number of carbonyl (C=O) groups is 1. The molecule has 1 aliphatic rings. The van der Waals surface area contributed by atoms with Gasteiger partial charge in [0.1, 0.15) is 4.32 Å². The number of nitrogens with zero attached hydrogens (tertiary/aromatic N) is 1. The van der Waals surface area contributed by atoms with E-state index in [9.17, 15) is 4.79 Å². The first kappa shape index (κ1) is 11.8. The van der Waals surface area contributed by atoms with Gasteiger partial charge in [0.25, 0.3) is 5.91 Å². The van der Waals surface area contributed by atoms with Crippen molar-refractivity contribution in [2.45, 2.75) is 13.3 Å². The lowest BCUT2D eigenvalue weighted by Gasteiger charge is -2.11. The van der Waals surface area contributed by atoms with E-state index in [1.165, 1.54) is 11.8 Å². The van der Waals surface area contributed by atoms with Gasteiger partial charge in [-0.2, -0.15) is 0 Å². The number of hydrogen-bond acceptors (Lipinski definition) is 4. The van der Waals surface area contributed by atoms with E-state index in [4.69, 9.17) is 12.2 Å². The zero-order valence-corrected chi connectivity index (χ0v) is 11.3. The lowest BCUT2D eigenvalue weighted by molar-refractivity contribution is -0.122. The van der Waals surface area contributed by atoms with Crippen LogP contribution in [0, 0.1) is 0 Å². The Kier molecular flexibility index (Phi) is 3.78. The van der Waals surface area contributed by atoms with Crippen molar-refractivity contribution in [3.8, 4) is 0 Å². The van der Waals surface area contributed by atoms with Crippen molar-refractivity contribution in [3.63, 3.8) is 0 Å². The summed E-state index contributed by atoms with van der Waals surface area (Å²) in [7, 11) is 0. The number of thiocarbonyl (C=S) groups is 1. The molecular weight excluding hydrogens is 258 g/mol. The van der Waals surface area contributed by atoms with E-state index >= 15 is 0 Å². The zero-order chi connectivity index (χ0) is 11.5. The second-order valence-electron chi connectivity index (χ2n) is 3.35. The normalized spacial score (nSPS) is 18.8. The van der Waals surface area contributed by atoms with Crippen LogP contribution in [0.3, 0.4) is 0 Å². The fraction of sp³-hybridized carbons (Fsp3) is 0.273. The van der Waals surface area contributed by atoms with Crippen molar-refractivity contribution in [3.05, 3.63) is 27.3 Å². The van der Waals surface area contributed by atoms with Crippen molar-refractivity contribution in [1.29, 1.82) is 0 Å². The summed E-state index contributed by atoms with van der Waals surface area (Å²) in [6.07, 6.45) is 2.85. The fourth-order valence-electron chi connectivity index (χ4n) is 1.42. The number of thioether (sulfide) groups is 1. The maximum absolute atomic E-state index is 12.0. The van der Waals surface area contributed by atoms with E-state index in [1.807, 2.05) is 30.5 Å². The summed E-state index contributed by atoms with van der Waals surface area (Å²) in [5.41, 5.74) is 0. The van der Waals surface area contributed by atoms with Crippen LogP contribution >= 0.6 is 35.3 Å². The smallest absolute Gasteiger partial charge is 0.266 e. The van der Waals surface area contributed by atoms with Crippen LogP contribution in [0.15, 0.2) is 22.4 Å². The molecule has 2 rings (SSSR count). The molecule has 2 heterocycles. The summed E-state index contributed by atoms with van der Waals surface area (Å²) >= 11 is 8.21. The summed E-state index contributed by atoms with van der Waals surface area (Å²) in [6.45, 7) is 2.76. The monoisotopic (exact) mass is 269 g/mol. The van der Waals surface area contributed by atoms with Gasteiger partial charge in [-0.25, -0.2) is 0 Å². The third-order valence-corrected chi connectivity index (χ3v) is 4.33. The predicted octanol–water partition coefficient (Wildman–Crippen LogP) is 3.36. The van der Waals surface area contributed by atoms with Crippen LogP contribution < -0.4 is 0 Å². The first-order chi connectivity index (χ1) is 7.72. The molecule has 0 spiro atoms. The standard InChI is InChI=1S/C11H11NOS3/c1-2-5-12-10(13)9(16-11(12)14)7-8-4-3-6-15-8/h3-4,6-7H,2,5H2,1H3/b9-7+. The van der Waals surface area contributed by atoms with E-state index < -0.39 is 0 Å². The molecule has 0 unspecified atom stereocenters. The first-order valence-electron chi connectivity index (χ1n) is 5.01. The van der Waals surface area contributed by atoms with Gasteiger partial charge >= 0.3 is 0 Å². The van der Waals surface area contributed by atoms with Gasteiger partial charge in [0.05, 0.1) is 4.91 Å². The second-order valence-corrected chi connectivity index (χ2v) is 6.00. The van der Waals surface area contributed by atoms with Gasteiger partial charge in [0.15, 0.2) is 0 Å². The highest BCUT2D eigenvalue weighted by Crippen LogP contribution is 2.33. The van der Waals surface area contributed by atoms with Gasteiger partial charge in [-0.15, -0.1) is 11.3 Å². The Labute approximate surface area is 108 Å². The van der Waals surface area contributed by atoms with E-state index in [0.717, 1.165) is 16.2 Å². The van der Waals surface area contributed by atoms with Gasteiger partial charge in [-0.05, 0) is 23.9 Å². The van der Waals surface area contributed by atoms with E-state index in [1.54, 1.807) is 16.2 Å². The Bertz CT molecular complexity index is 436. The molecule has 0 radical (unpaired) electrons. The minimum absolute atomic E-state index is 0.0465. The van der Waals surface area contributed by atoms with Crippen LogP contribution in [0.4, 0.5) is 0 Å². The number of rotatable bonds is 3. The molecule has 1 aromatic heterocycles. The summed E-state index contributed by atoms with van der Waals surface area (Å²) in [5, 5.41) is 2.00. The van der Waals surface area contributed by atoms with Gasteiger partial charge in [0, 0.05) is 11.4 Å². The highest BCUT2D eigenvalue weighted by Gasteiger charge is 2.31. The first-order valence-corrected chi connectivity index (χ1v) is 7.11. The maximum atomic E-state index is 12.0. The van der Waals surface area contributed by atoms with Crippen molar-refractivity contribution in [2.24, 2.45) is 0 Å². The Hall–Kier alpha value is -0.650. The topological polar surface area (TPSA) is 20.3 Å². The second kappa shape index (κ2) is 5.12. The molecule has 0 bridgehead atoms. The van der Waals surface area contributed by atoms with Crippen molar-refractivity contribution in [1.82, 2.24) is 4.90 Å². The summed E-state index contributed by atoms with van der Waals surface area (Å²) in [4.78, 5) is 15.5. The van der Waals surface area contributed by atoms with Gasteiger partial charge in [0.2, 0.25) is 0 Å². The minimum atomic E-state index is 0.0465. The van der Waals surface area contributed by atoms with Gasteiger partial charge < -0.3 is 0 Å². The summed E-state index contributed by atoms with van der Waals surface area (Å²) in [6, 6.07) is 3.97. The molecule has 5 heteroatoms.